The molecular formula is C14H11F2NO4. The van der Waals surface area contributed by atoms with E-state index in [4.69, 9.17) is 9.84 Å². The summed E-state index contributed by atoms with van der Waals surface area (Å²) in [7, 11) is 0. The van der Waals surface area contributed by atoms with E-state index in [9.17, 15) is 18.4 Å². The van der Waals surface area contributed by atoms with Gasteiger partial charge in [0.25, 0.3) is 0 Å². The number of carboxylic acids is 1. The third kappa shape index (κ3) is 1.73. The van der Waals surface area contributed by atoms with Crippen molar-refractivity contribution >= 4 is 16.9 Å². The summed E-state index contributed by atoms with van der Waals surface area (Å²) in [4.78, 5) is 23.3. The number of aromatic carboxylic acids is 1. The number of carboxylic acid groups (broad SMARTS) is 1. The first-order chi connectivity index (χ1) is 9.82. The van der Waals surface area contributed by atoms with Crippen molar-refractivity contribution in [2.24, 2.45) is 0 Å². The lowest BCUT2D eigenvalue weighted by Crippen LogP contribution is -2.32. The average Bonchev–Trinajstić information content (AvgIpc) is 2.42. The lowest BCUT2D eigenvalue weighted by molar-refractivity contribution is 0.0693. The molecule has 0 spiro atoms. The molecule has 2 heterocycles. The van der Waals surface area contributed by atoms with Crippen LogP contribution < -0.4 is 10.2 Å². The molecule has 2 unspecified atom stereocenters. The highest BCUT2D eigenvalue weighted by molar-refractivity contribution is 5.94. The van der Waals surface area contributed by atoms with Gasteiger partial charge in [0.1, 0.15) is 11.7 Å². The van der Waals surface area contributed by atoms with E-state index in [1.54, 1.807) is 13.8 Å². The normalized spacial score (nSPS) is 20.4. The van der Waals surface area contributed by atoms with Gasteiger partial charge < -0.3 is 14.4 Å². The van der Waals surface area contributed by atoms with Gasteiger partial charge in [0.05, 0.1) is 16.9 Å². The molecule has 2 atom stereocenters. The van der Waals surface area contributed by atoms with Crippen molar-refractivity contribution in [3.05, 3.63) is 39.7 Å². The Labute approximate surface area is 117 Å². The number of halogens is 2. The summed E-state index contributed by atoms with van der Waals surface area (Å²) in [6, 6.07) is 0.384. The predicted molar refractivity (Wildman–Crippen MR) is 69.9 cm³/mol. The fraction of sp³-hybridized carbons (Fsp3) is 0.286. The topological polar surface area (TPSA) is 68.5 Å². The zero-order valence-electron chi connectivity index (χ0n) is 11.2. The second kappa shape index (κ2) is 4.28. The lowest BCUT2D eigenvalue weighted by atomic mass is 10.0. The van der Waals surface area contributed by atoms with E-state index in [-0.39, 0.29) is 22.7 Å². The van der Waals surface area contributed by atoms with E-state index in [0.717, 1.165) is 6.20 Å². The van der Waals surface area contributed by atoms with Crippen LogP contribution in [-0.4, -0.2) is 21.7 Å². The summed E-state index contributed by atoms with van der Waals surface area (Å²) >= 11 is 0. The van der Waals surface area contributed by atoms with Crippen LogP contribution in [0.1, 0.15) is 30.2 Å². The maximum atomic E-state index is 13.9. The number of rotatable bonds is 1. The van der Waals surface area contributed by atoms with Gasteiger partial charge in [0.15, 0.2) is 11.6 Å². The Balaban J connectivity index is 2.56. The van der Waals surface area contributed by atoms with Crippen LogP contribution in [0.15, 0.2) is 17.1 Å². The summed E-state index contributed by atoms with van der Waals surface area (Å²) in [5, 5.41) is 8.89. The van der Waals surface area contributed by atoms with Crippen LogP contribution in [0.2, 0.25) is 0 Å². The van der Waals surface area contributed by atoms with E-state index >= 15 is 0 Å². The van der Waals surface area contributed by atoms with Crippen LogP contribution in [0.5, 0.6) is 5.75 Å². The Morgan fingerprint density at radius 1 is 1.38 bits per heavy atom. The Hall–Kier alpha value is -2.44. The van der Waals surface area contributed by atoms with Gasteiger partial charge in [-0.15, -0.1) is 0 Å². The van der Waals surface area contributed by atoms with Crippen LogP contribution >= 0.6 is 0 Å². The highest BCUT2D eigenvalue weighted by Crippen LogP contribution is 2.37. The lowest BCUT2D eigenvalue weighted by Gasteiger charge is -2.32. The number of aromatic nitrogens is 1. The minimum atomic E-state index is -1.41. The van der Waals surface area contributed by atoms with Gasteiger partial charge in [-0.05, 0) is 19.9 Å². The van der Waals surface area contributed by atoms with Gasteiger partial charge in [0, 0.05) is 6.20 Å². The average molecular weight is 295 g/mol. The fourth-order valence-electron chi connectivity index (χ4n) is 2.52. The summed E-state index contributed by atoms with van der Waals surface area (Å²) in [5.41, 5.74) is -1.27. The number of carbonyl (C=O) groups is 1. The molecule has 1 aromatic carbocycles. The second-order valence-electron chi connectivity index (χ2n) is 5.05. The van der Waals surface area contributed by atoms with E-state index < -0.39 is 34.7 Å². The number of pyridine rings is 1. The molecule has 3 rings (SSSR count). The van der Waals surface area contributed by atoms with E-state index in [1.807, 2.05) is 0 Å². The summed E-state index contributed by atoms with van der Waals surface area (Å²) in [6.45, 7) is 3.40. The Morgan fingerprint density at radius 2 is 2.05 bits per heavy atom. The van der Waals surface area contributed by atoms with Crippen molar-refractivity contribution in [3.63, 3.8) is 0 Å². The van der Waals surface area contributed by atoms with Crippen molar-refractivity contribution in [1.82, 2.24) is 4.57 Å². The summed E-state index contributed by atoms with van der Waals surface area (Å²) in [6.07, 6.45) is 0.651. The number of benzene rings is 1. The molecule has 7 heteroatoms. The second-order valence-corrected chi connectivity index (χ2v) is 5.05. The fourth-order valence-corrected chi connectivity index (χ4v) is 2.52. The molecule has 0 saturated carbocycles. The number of ether oxygens (including phenoxy) is 1. The smallest absolute Gasteiger partial charge is 0.341 e. The van der Waals surface area contributed by atoms with Crippen molar-refractivity contribution in [1.29, 1.82) is 0 Å². The van der Waals surface area contributed by atoms with Gasteiger partial charge in [-0.2, -0.15) is 4.39 Å². The quantitative estimate of drug-likeness (QED) is 0.876. The maximum Gasteiger partial charge on any atom is 0.341 e. The van der Waals surface area contributed by atoms with Crippen molar-refractivity contribution < 1.29 is 23.4 Å². The summed E-state index contributed by atoms with van der Waals surface area (Å²) < 4.78 is 34.4. The molecule has 1 aliphatic heterocycles. The molecular weight excluding hydrogens is 284 g/mol. The molecule has 0 amide bonds. The van der Waals surface area contributed by atoms with E-state index in [1.165, 1.54) is 4.57 Å². The molecule has 0 bridgehead atoms. The van der Waals surface area contributed by atoms with Gasteiger partial charge in [-0.25, -0.2) is 9.18 Å². The van der Waals surface area contributed by atoms with Crippen LogP contribution in [0.3, 0.4) is 0 Å². The predicted octanol–water partition coefficient (Wildman–Crippen LogP) is 2.32. The van der Waals surface area contributed by atoms with Gasteiger partial charge >= 0.3 is 5.97 Å². The molecule has 0 aliphatic carbocycles. The van der Waals surface area contributed by atoms with Crippen LogP contribution in [0, 0.1) is 11.6 Å². The molecule has 110 valence electrons. The molecule has 0 fully saturated rings. The standard InChI is InChI=1S/C14H11F2NO4/c1-5-6(2)21-13-10(16)9(15)3-7-11(13)17(5)4-8(12(7)18)14(19)20/h3-6H,1-2H3,(H,19,20). The Kier molecular flexibility index (Phi) is 2.76. The van der Waals surface area contributed by atoms with Gasteiger partial charge in [-0.1, -0.05) is 0 Å². The zero-order valence-corrected chi connectivity index (χ0v) is 11.2. The largest absolute Gasteiger partial charge is 0.483 e. The van der Waals surface area contributed by atoms with Crippen molar-refractivity contribution in [2.75, 3.05) is 0 Å². The first-order valence-corrected chi connectivity index (χ1v) is 6.29. The first kappa shape index (κ1) is 13.5. The van der Waals surface area contributed by atoms with E-state index in [2.05, 4.69) is 0 Å². The SMILES string of the molecule is CC1Oc2c(F)c(F)cc3c(=O)c(C(=O)O)cn(c23)C1C. The number of hydrogen-bond donors (Lipinski definition) is 1. The summed E-state index contributed by atoms with van der Waals surface area (Å²) in [5.74, 6) is -4.20. The minimum Gasteiger partial charge on any atom is -0.483 e. The molecule has 1 aliphatic rings. The zero-order chi connectivity index (χ0) is 15.5. The molecule has 1 N–H and O–H groups in total. The monoisotopic (exact) mass is 295 g/mol. The van der Waals surface area contributed by atoms with Gasteiger partial charge in [0.2, 0.25) is 11.2 Å². The molecule has 5 nitrogen and oxygen atoms in total. The highest BCUT2D eigenvalue weighted by atomic mass is 19.2. The molecule has 1 aromatic heterocycles. The van der Waals surface area contributed by atoms with Crippen molar-refractivity contribution in [3.8, 4) is 5.75 Å². The minimum absolute atomic E-state index is 0.0782. The van der Waals surface area contributed by atoms with Gasteiger partial charge in [-0.3, -0.25) is 4.79 Å². The third-order valence-corrected chi connectivity index (χ3v) is 3.82. The molecule has 21 heavy (non-hydrogen) atoms. The molecule has 2 aromatic rings. The van der Waals surface area contributed by atoms with Crippen LogP contribution in [0.25, 0.3) is 10.9 Å². The van der Waals surface area contributed by atoms with Crippen LogP contribution in [-0.2, 0) is 0 Å². The molecule has 0 saturated heterocycles. The molecule has 0 radical (unpaired) electrons. The maximum absolute atomic E-state index is 13.9. The highest BCUT2D eigenvalue weighted by Gasteiger charge is 2.31. The first-order valence-electron chi connectivity index (χ1n) is 6.29. The third-order valence-electron chi connectivity index (χ3n) is 3.82. The Bertz CT molecular complexity index is 843. The number of nitrogens with zero attached hydrogens (tertiary/aromatic N) is 1. The number of hydrogen-bond acceptors (Lipinski definition) is 3. The van der Waals surface area contributed by atoms with E-state index in [0.29, 0.717) is 6.07 Å². The Morgan fingerprint density at radius 3 is 2.67 bits per heavy atom. The van der Waals surface area contributed by atoms with Crippen LogP contribution in [0.4, 0.5) is 8.78 Å². The van der Waals surface area contributed by atoms with Crippen molar-refractivity contribution in [2.45, 2.75) is 26.0 Å².